The first-order valence-electron chi connectivity index (χ1n) is 12.8. The predicted octanol–water partition coefficient (Wildman–Crippen LogP) is -2.08. The van der Waals surface area contributed by atoms with Crippen LogP contribution in [0.4, 0.5) is 0 Å². The Bertz CT molecular complexity index is 1050. The summed E-state index contributed by atoms with van der Waals surface area (Å²) in [6, 6.07) is 4.61. The van der Waals surface area contributed by atoms with Crippen molar-refractivity contribution in [2.24, 2.45) is 27.9 Å². The number of benzene rings is 1. The highest BCUT2D eigenvalue weighted by Crippen LogP contribution is 2.20. The number of nitrogens with one attached hydrogen (secondary N) is 2. The van der Waals surface area contributed by atoms with E-state index in [0.29, 0.717) is 19.3 Å². The molecule has 1 aromatic carbocycles. The quantitative estimate of drug-likeness (QED) is 0.0723. The van der Waals surface area contributed by atoms with Gasteiger partial charge in [0, 0.05) is 25.9 Å². The van der Waals surface area contributed by atoms with Gasteiger partial charge in [-0.3, -0.25) is 24.2 Å². The average molecular weight is 547 g/mol. The van der Waals surface area contributed by atoms with E-state index in [1.807, 2.05) is 0 Å². The Morgan fingerprint density at radius 1 is 1.00 bits per heavy atom. The molecule has 0 spiro atoms. The van der Waals surface area contributed by atoms with Gasteiger partial charge in [-0.25, -0.2) is 4.79 Å². The summed E-state index contributed by atoms with van der Waals surface area (Å²) in [4.78, 5) is 67.7. The first-order valence-corrected chi connectivity index (χ1v) is 12.8. The van der Waals surface area contributed by atoms with Crippen LogP contribution in [0.25, 0.3) is 0 Å². The van der Waals surface area contributed by atoms with E-state index < -0.39 is 53.8 Å². The van der Waals surface area contributed by atoms with E-state index >= 15 is 0 Å². The SMILES string of the molecule is NC(=O)CCC(NC(=O)C(N)CCCN=C(N)N)C(=O)NC(Cc1ccccc1)C(=O)N1CCCC1C(=O)O. The van der Waals surface area contributed by atoms with E-state index in [1.54, 1.807) is 30.3 Å². The standard InChI is InChI=1S/C25H38N8O6/c26-16(8-4-12-30-25(28)29)21(35)31-17(10-11-20(27)34)22(36)32-18(14-15-6-2-1-3-7-15)23(37)33-13-5-9-19(33)24(38)39/h1-3,6-7,16-19H,4-5,8-14,26H2,(H2,27,34)(H,31,35)(H,32,36)(H,38,39)(H4,28,29,30). The number of carboxylic acids is 1. The summed E-state index contributed by atoms with van der Waals surface area (Å²) in [6.07, 6.45) is 1.24. The summed E-state index contributed by atoms with van der Waals surface area (Å²) >= 11 is 0. The zero-order valence-electron chi connectivity index (χ0n) is 21.8. The molecule has 11 N–H and O–H groups in total. The molecule has 0 aromatic heterocycles. The number of rotatable bonds is 15. The van der Waals surface area contributed by atoms with Gasteiger partial charge < -0.3 is 43.6 Å². The van der Waals surface area contributed by atoms with E-state index in [0.717, 1.165) is 5.56 Å². The maximum Gasteiger partial charge on any atom is 0.326 e. The van der Waals surface area contributed by atoms with Crippen LogP contribution in [0, 0.1) is 0 Å². The number of amides is 4. The fourth-order valence-corrected chi connectivity index (χ4v) is 4.29. The van der Waals surface area contributed by atoms with Crippen molar-refractivity contribution in [3.05, 3.63) is 35.9 Å². The van der Waals surface area contributed by atoms with Crippen molar-refractivity contribution >= 4 is 35.6 Å². The number of carbonyl (C=O) groups is 5. The maximum absolute atomic E-state index is 13.5. The van der Waals surface area contributed by atoms with Crippen LogP contribution in [-0.4, -0.2) is 82.8 Å². The van der Waals surface area contributed by atoms with E-state index in [9.17, 15) is 29.1 Å². The minimum atomic E-state index is -1.21. The Balaban J connectivity index is 2.18. The molecule has 1 saturated heterocycles. The van der Waals surface area contributed by atoms with E-state index in [2.05, 4.69) is 15.6 Å². The summed E-state index contributed by atoms with van der Waals surface area (Å²) in [7, 11) is 0. The topological polar surface area (TPSA) is 249 Å². The van der Waals surface area contributed by atoms with Crippen LogP contribution in [0.1, 0.15) is 44.1 Å². The molecule has 14 heteroatoms. The van der Waals surface area contributed by atoms with Gasteiger partial charge in [0.15, 0.2) is 5.96 Å². The number of hydrogen-bond donors (Lipinski definition) is 7. The number of nitrogens with two attached hydrogens (primary N) is 4. The Hall–Kier alpha value is -4.20. The second-order valence-corrected chi connectivity index (χ2v) is 9.40. The third-order valence-electron chi connectivity index (χ3n) is 6.33. The molecule has 1 fully saturated rings. The van der Waals surface area contributed by atoms with Crippen LogP contribution >= 0.6 is 0 Å². The Labute approximate surface area is 226 Å². The molecule has 39 heavy (non-hydrogen) atoms. The number of aliphatic imine (C=N–C) groups is 1. The van der Waals surface area contributed by atoms with Crippen LogP contribution < -0.4 is 33.6 Å². The third kappa shape index (κ3) is 10.2. The Morgan fingerprint density at radius 3 is 2.28 bits per heavy atom. The molecule has 1 aliphatic heterocycles. The first-order chi connectivity index (χ1) is 18.5. The number of aliphatic carboxylic acids is 1. The van der Waals surface area contributed by atoms with Crippen LogP contribution in [0.2, 0.25) is 0 Å². The van der Waals surface area contributed by atoms with Crippen molar-refractivity contribution < 1.29 is 29.1 Å². The summed E-state index contributed by atoms with van der Waals surface area (Å²) in [5.41, 5.74) is 22.5. The molecule has 4 unspecified atom stereocenters. The molecule has 4 amide bonds. The van der Waals surface area contributed by atoms with Crippen molar-refractivity contribution in [1.29, 1.82) is 0 Å². The molecule has 1 aliphatic rings. The summed E-state index contributed by atoms with van der Waals surface area (Å²) in [6.45, 7) is 0.513. The number of primary amides is 1. The Morgan fingerprint density at radius 2 is 1.67 bits per heavy atom. The zero-order chi connectivity index (χ0) is 28.9. The van der Waals surface area contributed by atoms with Crippen LogP contribution in [0.5, 0.6) is 0 Å². The number of guanidine groups is 1. The summed E-state index contributed by atoms with van der Waals surface area (Å²) in [5, 5.41) is 14.7. The fourth-order valence-electron chi connectivity index (χ4n) is 4.29. The minimum absolute atomic E-state index is 0.0839. The van der Waals surface area contributed by atoms with Gasteiger partial charge in [0.2, 0.25) is 23.6 Å². The molecule has 214 valence electrons. The maximum atomic E-state index is 13.5. The van der Waals surface area contributed by atoms with E-state index in [-0.39, 0.29) is 44.7 Å². The van der Waals surface area contributed by atoms with Gasteiger partial charge in [-0.1, -0.05) is 30.3 Å². The average Bonchev–Trinajstić information content (AvgIpc) is 3.38. The minimum Gasteiger partial charge on any atom is -0.480 e. The number of carboxylic acid groups (broad SMARTS) is 1. The lowest BCUT2D eigenvalue weighted by molar-refractivity contribution is -0.149. The zero-order valence-corrected chi connectivity index (χ0v) is 21.8. The third-order valence-corrected chi connectivity index (χ3v) is 6.33. The van der Waals surface area contributed by atoms with Gasteiger partial charge in [-0.05, 0) is 37.7 Å². The largest absolute Gasteiger partial charge is 0.480 e. The Kier molecular flexibility index (Phi) is 12.1. The molecular weight excluding hydrogens is 508 g/mol. The monoisotopic (exact) mass is 546 g/mol. The first kappa shape index (κ1) is 31.0. The highest BCUT2D eigenvalue weighted by atomic mass is 16.4. The van der Waals surface area contributed by atoms with Crippen molar-refractivity contribution in [3.63, 3.8) is 0 Å². The molecule has 1 heterocycles. The molecule has 2 rings (SSSR count). The van der Waals surface area contributed by atoms with Crippen molar-refractivity contribution in [1.82, 2.24) is 15.5 Å². The highest BCUT2D eigenvalue weighted by Gasteiger charge is 2.38. The van der Waals surface area contributed by atoms with Gasteiger partial charge >= 0.3 is 5.97 Å². The number of nitrogens with zero attached hydrogens (tertiary/aromatic N) is 2. The van der Waals surface area contributed by atoms with Gasteiger partial charge in [-0.15, -0.1) is 0 Å². The lowest BCUT2D eigenvalue weighted by atomic mass is 10.0. The molecule has 14 nitrogen and oxygen atoms in total. The predicted molar refractivity (Wildman–Crippen MR) is 143 cm³/mol. The van der Waals surface area contributed by atoms with Gasteiger partial charge in [0.05, 0.1) is 6.04 Å². The highest BCUT2D eigenvalue weighted by molar-refractivity contribution is 5.94. The molecule has 0 radical (unpaired) electrons. The van der Waals surface area contributed by atoms with E-state index in [4.69, 9.17) is 22.9 Å². The smallest absolute Gasteiger partial charge is 0.326 e. The molecule has 1 aromatic rings. The second kappa shape index (κ2) is 15.3. The number of carbonyl (C=O) groups excluding carboxylic acids is 4. The number of hydrogen-bond acceptors (Lipinski definition) is 7. The molecular formula is C25H38N8O6. The van der Waals surface area contributed by atoms with Gasteiger partial charge in [0.1, 0.15) is 18.1 Å². The lowest BCUT2D eigenvalue weighted by Gasteiger charge is -2.29. The molecule has 0 bridgehead atoms. The van der Waals surface area contributed by atoms with E-state index in [1.165, 1.54) is 4.90 Å². The fraction of sp³-hybridized carbons (Fsp3) is 0.520. The second-order valence-electron chi connectivity index (χ2n) is 9.40. The molecule has 0 saturated carbocycles. The summed E-state index contributed by atoms with van der Waals surface area (Å²) < 4.78 is 0. The van der Waals surface area contributed by atoms with Gasteiger partial charge in [0.25, 0.3) is 0 Å². The van der Waals surface area contributed by atoms with Crippen molar-refractivity contribution in [2.75, 3.05) is 13.1 Å². The number of likely N-dealkylation sites (tertiary alicyclic amines) is 1. The van der Waals surface area contributed by atoms with Crippen LogP contribution in [0.3, 0.4) is 0 Å². The normalized spacial score (nSPS) is 16.9. The summed E-state index contributed by atoms with van der Waals surface area (Å²) in [5.74, 6) is -3.79. The van der Waals surface area contributed by atoms with Crippen molar-refractivity contribution in [2.45, 2.75) is 69.1 Å². The van der Waals surface area contributed by atoms with Crippen molar-refractivity contribution in [3.8, 4) is 0 Å². The lowest BCUT2D eigenvalue weighted by Crippen LogP contribution is -2.57. The molecule has 0 aliphatic carbocycles. The van der Waals surface area contributed by atoms with Crippen LogP contribution in [-0.2, 0) is 30.4 Å². The van der Waals surface area contributed by atoms with Crippen LogP contribution in [0.15, 0.2) is 35.3 Å². The van der Waals surface area contributed by atoms with Gasteiger partial charge in [-0.2, -0.15) is 0 Å². The molecule has 4 atom stereocenters.